The Balaban J connectivity index is 1.94. The summed E-state index contributed by atoms with van der Waals surface area (Å²) in [6.07, 6.45) is 5.87. The zero-order chi connectivity index (χ0) is 14.8. The molecule has 0 unspecified atom stereocenters. The minimum absolute atomic E-state index is 0.0993. The summed E-state index contributed by atoms with van der Waals surface area (Å²) < 4.78 is 5.96. The first-order valence-electron chi connectivity index (χ1n) is 7.43. The Kier molecular flexibility index (Phi) is 3.78. The van der Waals surface area contributed by atoms with Gasteiger partial charge in [0.2, 0.25) is 0 Å². The first-order valence-corrected chi connectivity index (χ1v) is 7.43. The third-order valence-electron chi connectivity index (χ3n) is 4.21. The van der Waals surface area contributed by atoms with Crippen LogP contribution in [-0.4, -0.2) is 22.2 Å². The van der Waals surface area contributed by atoms with Gasteiger partial charge in [-0.2, -0.15) is 0 Å². The molecule has 21 heavy (non-hydrogen) atoms. The maximum absolute atomic E-state index is 11.6. The molecule has 1 aromatic heterocycles. The molecule has 1 aliphatic rings. The van der Waals surface area contributed by atoms with Crippen LogP contribution in [0.5, 0.6) is 5.75 Å². The number of hydrogen-bond donors (Lipinski definition) is 1. The highest BCUT2D eigenvalue weighted by Gasteiger charge is 2.23. The standard InChI is InChI=1S/C17H19NO3/c1-11-6-8-12(9-7-11)21-15-10-18-14-5-3-2-4-13(14)16(15)17(19)20/h2-5,10-12H,6-9H2,1H3,(H,19,20). The first kappa shape index (κ1) is 13.9. The Morgan fingerprint density at radius 2 is 1.95 bits per heavy atom. The Morgan fingerprint density at radius 3 is 2.67 bits per heavy atom. The molecular weight excluding hydrogens is 266 g/mol. The van der Waals surface area contributed by atoms with E-state index in [1.807, 2.05) is 18.2 Å². The molecule has 3 rings (SSSR count). The number of fused-ring (bicyclic) bond motifs is 1. The van der Waals surface area contributed by atoms with Crippen molar-refractivity contribution in [3.63, 3.8) is 0 Å². The normalized spacial score (nSPS) is 22.1. The van der Waals surface area contributed by atoms with E-state index in [-0.39, 0.29) is 11.7 Å². The van der Waals surface area contributed by atoms with Gasteiger partial charge in [-0.05, 0) is 37.7 Å². The van der Waals surface area contributed by atoms with Gasteiger partial charge in [0.25, 0.3) is 0 Å². The minimum atomic E-state index is -0.965. The molecule has 0 spiro atoms. The highest BCUT2D eigenvalue weighted by Crippen LogP contribution is 2.31. The van der Waals surface area contributed by atoms with E-state index in [0.717, 1.165) is 31.6 Å². The average Bonchev–Trinajstić information content (AvgIpc) is 2.49. The summed E-state index contributed by atoms with van der Waals surface area (Å²) in [6, 6.07) is 7.27. The quantitative estimate of drug-likeness (QED) is 0.929. The number of pyridine rings is 1. The van der Waals surface area contributed by atoms with Crippen LogP contribution in [0.4, 0.5) is 0 Å². The topological polar surface area (TPSA) is 59.4 Å². The van der Waals surface area contributed by atoms with Crippen molar-refractivity contribution in [3.05, 3.63) is 36.0 Å². The van der Waals surface area contributed by atoms with Crippen molar-refractivity contribution in [3.8, 4) is 5.75 Å². The predicted molar refractivity (Wildman–Crippen MR) is 80.8 cm³/mol. The Labute approximate surface area is 123 Å². The van der Waals surface area contributed by atoms with Crippen molar-refractivity contribution in [2.24, 2.45) is 5.92 Å². The van der Waals surface area contributed by atoms with E-state index in [2.05, 4.69) is 11.9 Å². The van der Waals surface area contributed by atoms with Gasteiger partial charge < -0.3 is 9.84 Å². The number of para-hydroxylation sites is 1. The maximum Gasteiger partial charge on any atom is 0.340 e. The molecular formula is C17H19NO3. The zero-order valence-corrected chi connectivity index (χ0v) is 12.1. The number of carboxylic acids is 1. The molecule has 110 valence electrons. The van der Waals surface area contributed by atoms with E-state index in [0.29, 0.717) is 16.7 Å². The number of benzene rings is 1. The zero-order valence-electron chi connectivity index (χ0n) is 12.1. The van der Waals surface area contributed by atoms with Gasteiger partial charge in [0.15, 0.2) is 5.75 Å². The van der Waals surface area contributed by atoms with Crippen molar-refractivity contribution in [1.82, 2.24) is 4.98 Å². The average molecular weight is 285 g/mol. The molecule has 1 saturated carbocycles. The molecule has 1 heterocycles. The van der Waals surface area contributed by atoms with E-state index in [1.165, 1.54) is 0 Å². The predicted octanol–water partition coefficient (Wildman–Crippen LogP) is 3.89. The SMILES string of the molecule is CC1CCC(Oc2cnc3ccccc3c2C(=O)O)CC1. The van der Waals surface area contributed by atoms with E-state index < -0.39 is 5.97 Å². The number of ether oxygens (including phenoxy) is 1. The van der Waals surface area contributed by atoms with Gasteiger partial charge in [-0.25, -0.2) is 4.79 Å². The third-order valence-corrected chi connectivity index (χ3v) is 4.21. The van der Waals surface area contributed by atoms with E-state index in [9.17, 15) is 9.90 Å². The van der Waals surface area contributed by atoms with Crippen LogP contribution in [0.25, 0.3) is 10.9 Å². The van der Waals surface area contributed by atoms with Crippen LogP contribution in [0.2, 0.25) is 0 Å². The second kappa shape index (κ2) is 5.72. The van der Waals surface area contributed by atoms with Crippen molar-refractivity contribution < 1.29 is 14.6 Å². The first-order chi connectivity index (χ1) is 10.1. The van der Waals surface area contributed by atoms with E-state index >= 15 is 0 Å². The van der Waals surface area contributed by atoms with Crippen LogP contribution in [0.3, 0.4) is 0 Å². The molecule has 0 atom stereocenters. The number of aromatic nitrogens is 1. The second-order valence-corrected chi connectivity index (χ2v) is 5.82. The maximum atomic E-state index is 11.6. The van der Waals surface area contributed by atoms with Crippen molar-refractivity contribution in [2.45, 2.75) is 38.7 Å². The molecule has 1 aromatic carbocycles. The lowest BCUT2D eigenvalue weighted by atomic mass is 9.89. The summed E-state index contributed by atoms with van der Waals surface area (Å²) in [5.74, 6) is 0.159. The lowest BCUT2D eigenvalue weighted by Gasteiger charge is -2.27. The highest BCUT2D eigenvalue weighted by molar-refractivity contribution is 6.04. The van der Waals surface area contributed by atoms with Crippen LogP contribution in [0, 0.1) is 5.92 Å². The smallest absolute Gasteiger partial charge is 0.340 e. The van der Waals surface area contributed by atoms with Gasteiger partial charge in [-0.1, -0.05) is 25.1 Å². The summed E-state index contributed by atoms with van der Waals surface area (Å²) in [4.78, 5) is 15.9. The molecule has 1 fully saturated rings. The molecule has 0 amide bonds. The largest absolute Gasteiger partial charge is 0.488 e. The van der Waals surface area contributed by atoms with Crippen molar-refractivity contribution in [1.29, 1.82) is 0 Å². The molecule has 0 saturated heterocycles. The number of aromatic carboxylic acids is 1. The lowest BCUT2D eigenvalue weighted by molar-refractivity contribution is 0.0686. The number of carbonyl (C=O) groups is 1. The second-order valence-electron chi connectivity index (χ2n) is 5.82. The summed E-state index contributed by atoms with van der Waals surface area (Å²) in [7, 11) is 0. The molecule has 1 aliphatic carbocycles. The van der Waals surface area contributed by atoms with Crippen LogP contribution in [0.15, 0.2) is 30.5 Å². The van der Waals surface area contributed by atoms with Gasteiger partial charge in [0.1, 0.15) is 5.56 Å². The number of hydrogen-bond acceptors (Lipinski definition) is 3. The van der Waals surface area contributed by atoms with Gasteiger partial charge in [-0.3, -0.25) is 4.98 Å². The molecule has 0 radical (unpaired) electrons. The number of carboxylic acid groups (broad SMARTS) is 1. The molecule has 4 nitrogen and oxygen atoms in total. The van der Waals surface area contributed by atoms with Gasteiger partial charge in [0.05, 0.1) is 17.8 Å². The molecule has 0 aliphatic heterocycles. The monoisotopic (exact) mass is 285 g/mol. The van der Waals surface area contributed by atoms with Crippen LogP contribution >= 0.6 is 0 Å². The van der Waals surface area contributed by atoms with Gasteiger partial charge >= 0.3 is 5.97 Å². The Bertz CT molecular complexity index is 660. The fourth-order valence-electron chi connectivity index (χ4n) is 2.96. The molecule has 1 N–H and O–H groups in total. The van der Waals surface area contributed by atoms with Crippen LogP contribution < -0.4 is 4.74 Å². The number of rotatable bonds is 3. The van der Waals surface area contributed by atoms with E-state index in [1.54, 1.807) is 12.3 Å². The fourth-order valence-corrected chi connectivity index (χ4v) is 2.96. The van der Waals surface area contributed by atoms with Gasteiger partial charge in [-0.15, -0.1) is 0 Å². The van der Waals surface area contributed by atoms with Crippen molar-refractivity contribution in [2.75, 3.05) is 0 Å². The Morgan fingerprint density at radius 1 is 1.24 bits per heavy atom. The van der Waals surface area contributed by atoms with Crippen LogP contribution in [0.1, 0.15) is 43.0 Å². The van der Waals surface area contributed by atoms with E-state index in [4.69, 9.17) is 4.74 Å². The summed E-state index contributed by atoms with van der Waals surface area (Å²) >= 11 is 0. The molecule has 4 heteroatoms. The summed E-state index contributed by atoms with van der Waals surface area (Å²) in [5.41, 5.74) is 0.902. The summed E-state index contributed by atoms with van der Waals surface area (Å²) in [6.45, 7) is 2.25. The van der Waals surface area contributed by atoms with Gasteiger partial charge in [0, 0.05) is 5.39 Å². The fraction of sp³-hybridized carbons (Fsp3) is 0.412. The highest BCUT2D eigenvalue weighted by atomic mass is 16.5. The third kappa shape index (κ3) is 2.84. The summed E-state index contributed by atoms with van der Waals surface area (Å²) in [5, 5.41) is 10.2. The number of nitrogens with zero attached hydrogens (tertiary/aromatic N) is 1. The van der Waals surface area contributed by atoms with Crippen molar-refractivity contribution >= 4 is 16.9 Å². The lowest BCUT2D eigenvalue weighted by Crippen LogP contribution is -2.24. The van der Waals surface area contributed by atoms with Crippen LogP contribution in [-0.2, 0) is 0 Å². The minimum Gasteiger partial charge on any atom is -0.488 e. The molecule has 2 aromatic rings. The Hall–Kier alpha value is -2.10. The molecule has 0 bridgehead atoms.